The smallest absolute Gasteiger partial charge is 0.187 e. The first-order chi connectivity index (χ1) is 10.1. The topological polar surface area (TPSA) is 69.6 Å². The van der Waals surface area contributed by atoms with Gasteiger partial charge in [-0.1, -0.05) is 23.2 Å². The van der Waals surface area contributed by atoms with E-state index >= 15 is 0 Å². The van der Waals surface area contributed by atoms with E-state index < -0.39 is 0 Å². The average molecular weight is 385 g/mol. The lowest BCUT2D eigenvalue weighted by Gasteiger charge is -2.07. The van der Waals surface area contributed by atoms with Gasteiger partial charge < -0.3 is 5.73 Å². The maximum absolute atomic E-state index is 6.05. The van der Waals surface area contributed by atoms with Crippen LogP contribution in [0.1, 0.15) is 0 Å². The summed E-state index contributed by atoms with van der Waals surface area (Å²) in [7, 11) is 0. The van der Waals surface area contributed by atoms with Gasteiger partial charge in [0.15, 0.2) is 5.82 Å². The number of hydrogen-bond donors (Lipinski definition) is 1. The molecule has 0 aliphatic heterocycles. The van der Waals surface area contributed by atoms with Gasteiger partial charge in [0.05, 0.1) is 21.4 Å². The van der Waals surface area contributed by atoms with Crippen molar-refractivity contribution in [3.05, 3.63) is 50.9 Å². The van der Waals surface area contributed by atoms with Gasteiger partial charge in [0.25, 0.3) is 0 Å². The van der Waals surface area contributed by atoms with Crippen molar-refractivity contribution >= 4 is 44.8 Å². The van der Waals surface area contributed by atoms with Gasteiger partial charge in [0.1, 0.15) is 0 Å². The molecule has 0 amide bonds. The first-order valence-corrected chi connectivity index (χ1v) is 7.40. The number of tetrazole rings is 1. The molecular weight excluding hydrogens is 377 g/mol. The van der Waals surface area contributed by atoms with Crippen molar-refractivity contribution in [2.24, 2.45) is 0 Å². The predicted octanol–water partition coefficient (Wildman–Crippen LogP) is 3.98. The summed E-state index contributed by atoms with van der Waals surface area (Å²) in [5.41, 5.74) is 7.77. The molecule has 5 nitrogen and oxygen atoms in total. The van der Waals surface area contributed by atoms with Crippen LogP contribution in [0.4, 0.5) is 5.69 Å². The normalized spacial score (nSPS) is 10.8. The van der Waals surface area contributed by atoms with E-state index in [-0.39, 0.29) is 0 Å². The Hall–Kier alpha value is -1.63. The second-order valence-electron chi connectivity index (χ2n) is 4.25. The highest BCUT2D eigenvalue weighted by Gasteiger charge is 2.13. The molecule has 21 heavy (non-hydrogen) atoms. The van der Waals surface area contributed by atoms with Crippen molar-refractivity contribution in [3.63, 3.8) is 0 Å². The fraction of sp³-hybridized carbons (Fsp3) is 0. The lowest BCUT2D eigenvalue weighted by Crippen LogP contribution is -2.00. The minimum atomic E-state index is 0.458. The van der Waals surface area contributed by atoms with E-state index in [1.807, 2.05) is 18.2 Å². The second-order valence-corrected chi connectivity index (χ2v) is 5.92. The van der Waals surface area contributed by atoms with Gasteiger partial charge in [-0.2, -0.15) is 4.68 Å². The lowest BCUT2D eigenvalue weighted by molar-refractivity contribution is 0.791. The summed E-state index contributed by atoms with van der Waals surface area (Å²) in [5.74, 6) is 0.561. The third kappa shape index (κ3) is 2.74. The number of anilines is 1. The van der Waals surface area contributed by atoms with E-state index in [2.05, 4.69) is 31.5 Å². The van der Waals surface area contributed by atoms with Crippen molar-refractivity contribution in [3.8, 4) is 17.1 Å². The number of halogens is 3. The third-order valence-corrected chi connectivity index (χ3v) is 4.42. The Morgan fingerprint density at radius 2 is 1.86 bits per heavy atom. The Morgan fingerprint density at radius 3 is 2.57 bits per heavy atom. The van der Waals surface area contributed by atoms with E-state index in [1.54, 1.807) is 22.9 Å². The molecule has 0 unspecified atom stereocenters. The maximum atomic E-state index is 6.05. The van der Waals surface area contributed by atoms with Crippen LogP contribution in [0.3, 0.4) is 0 Å². The summed E-state index contributed by atoms with van der Waals surface area (Å²) >= 11 is 15.4. The molecule has 0 aliphatic rings. The van der Waals surface area contributed by atoms with E-state index in [0.717, 1.165) is 15.7 Å². The van der Waals surface area contributed by atoms with Crippen LogP contribution in [0.2, 0.25) is 10.0 Å². The van der Waals surface area contributed by atoms with Gasteiger partial charge in [0, 0.05) is 10.0 Å². The van der Waals surface area contributed by atoms with Crippen LogP contribution in [0.15, 0.2) is 40.9 Å². The van der Waals surface area contributed by atoms with Gasteiger partial charge in [-0.25, -0.2) is 0 Å². The van der Waals surface area contributed by atoms with Crippen molar-refractivity contribution in [2.45, 2.75) is 0 Å². The molecule has 3 aromatic rings. The number of benzene rings is 2. The Balaban J connectivity index is 2.12. The highest BCUT2D eigenvalue weighted by Crippen LogP contribution is 2.29. The largest absolute Gasteiger partial charge is 0.398 e. The van der Waals surface area contributed by atoms with Gasteiger partial charge in [-0.05, 0) is 62.8 Å². The fourth-order valence-electron chi connectivity index (χ4n) is 1.82. The van der Waals surface area contributed by atoms with Crippen LogP contribution in [-0.4, -0.2) is 20.2 Å². The van der Waals surface area contributed by atoms with Crippen molar-refractivity contribution in [1.82, 2.24) is 20.2 Å². The van der Waals surface area contributed by atoms with Crippen molar-refractivity contribution in [1.29, 1.82) is 0 Å². The number of aromatic nitrogens is 4. The van der Waals surface area contributed by atoms with E-state index in [9.17, 15) is 0 Å². The first kappa shape index (κ1) is 14.3. The predicted molar refractivity (Wildman–Crippen MR) is 86.7 cm³/mol. The lowest BCUT2D eigenvalue weighted by atomic mass is 10.2. The molecule has 0 fully saturated rings. The molecule has 0 atom stereocenters. The molecule has 1 aromatic heterocycles. The average Bonchev–Trinajstić information content (AvgIpc) is 2.94. The van der Waals surface area contributed by atoms with Crippen LogP contribution in [0.25, 0.3) is 17.1 Å². The van der Waals surface area contributed by atoms with Gasteiger partial charge in [0.2, 0.25) is 0 Å². The summed E-state index contributed by atoms with van der Waals surface area (Å²) in [5, 5.41) is 12.8. The number of nitrogens with zero attached hydrogens (tertiary/aromatic N) is 4. The minimum absolute atomic E-state index is 0.458. The molecule has 0 saturated carbocycles. The third-order valence-electron chi connectivity index (χ3n) is 2.88. The molecule has 2 N–H and O–H groups in total. The zero-order valence-corrected chi connectivity index (χ0v) is 13.6. The van der Waals surface area contributed by atoms with Gasteiger partial charge in [-0.15, -0.1) is 5.10 Å². The second kappa shape index (κ2) is 5.63. The van der Waals surface area contributed by atoms with Gasteiger partial charge in [-0.3, -0.25) is 0 Å². The fourth-order valence-corrected chi connectivity index (χ4v) is 2.49. The number of hydrogen-bond acceptors (Lipinski definition) is 4. The Morgan fingerprint density at radius 1 is 1.05 bits per heavy atom. The standard InChI is InChI=1S/C13H8BrCl2N5/c14-9-6-8(2-3-10(9)15)21-13(18-19-20-21)7-1-4-12(17)11(16)5-7/h1-6H,17H2. The summed E-state index contributed by atoms with van der Waals surface area (Å²) in [6, 6.07) is 10.7. The molecule has 0 spiro atoms. The number of rotatable bonds is 2. The van der Waals surface area contributed by atoms with E-state index in [0.29, 0.717) is 21.6 Å². The SMILES string of the molecule is Nc1ccc(-c2nnnn2-c2ccc(Cl)c(Br)c2)cc1Cl. The van der Waals surface area contributed by atoms with Crippen molar-refractivity contribution < 1.29 is 0 Å². The molecule has 0 bridgehead atoms. The zero-order chi connectivity index (χ0) is 15.0. The summed E-state index contributed by atoms with van der Waals surface area (Å²) < 4.78 is 2.36. The van der Waals surface area contributed by atoms with Gasteiger partial charge >= 0.3 is 0 Å². The Labute approximate surface area is 138 Å². The van der Waals surface area contributed by atoms with Crippen LogP contribution in [0, 0.1) is 0 Å². The summed E-state index contributed by atoms with van der Waals surface area (Å²) in [6.07, 6.45) is 0. The first-order valence-electron chi connectivity index (χ1n) is 5.85. The molecule has 8 heteroatoms. The van der Waals surface area contributed by atoms with Crippen LogP contribution in [0.5, 0.6) is 0 Å². The van der Waals surface area contributed by atoms with Crippen LogP contribution < -0.4 is 5.73 Å². The Bertz CT molecular complexity index is 752. The molecule has 1 heterocycles. The maximum Gasteiger partial charge on any atom is 0.187 e. The van der Waals surface area contributed by atoms with Crippen molar-refractivity contribution in [2.75, 3.05) is 5.73 Å². The van der Waals surface area contributed by atoms with E-state index in [4.69, 9.17) is 28.9 Å². The Kier molecular flexibility index (Phi) is 3.84. The molecule has 106 valence electrons. The number of nitrogen functional groups attached to an aromatic ring is 1. The molecule has 3 rings (SSSR count). The number of nitrogens with two attached hydrogens (primary N) is 1. The molecule has 2 aromatic carbocycles. The van der Waals surface area contributed by atoms with Crippen LogP contribution in [-0.2, 0) is 0 Å². The molecular formula is C13H8BrCl2N5. The highest BCUT2D eigenvalue weighted by atomic mass is 79.9. The minimum Gasteiger partial charge on any atom is -0.398 e. The molecule has 0 aliphatic carbocycles. The molecule has 0 saturated heterocycles. The molecule has 0 radical (unpaired) electrons. The zero-order valence-electron chi connectivity index (χ0n) is 10.5. The van der Waals surface area contributed by atoms with E-state index in [1.165, 1.54) is 0 Å². The summed E-state index contributed by atoms with van der Waals surface area (Å²) in [6.45, 7) is 0. The van der Waals surface area contributed by atoms with Crippen LogP contribution >= 0.6 is 39.1 Å². The summed E-state index contributed by atoms with van der Waals surface area (Å²) in [4.78, 5) is 0. The quantitative estimate of drug-likeness (QED) is 0.678. The highest BCUT2D eigenvalue weighted by molar-refractivity contribution is 9.10. The monoisotopic (exact) mass is 383 g/mol.